The van der Waals surface area contributed by atoms with Gasteiger partial charge in [0.25, 0.3) is 5.91 Å². The predicted molar refractivity (Wildman–Crippen MR) is 98.4 cm³/mol. The van der Waals surface area contributed by atoms with Gasteiger partial charge in [0, 0.05) is 18.4 Å². The van der Waals surface area contributed by atoms with Gasteiger partial charge in [-0.3, -0.25) is 9.78 Å². The van der Waals surface area contributed by atoms with Crippen LogP contribution in [0.4, 0.5) is 0 Å². The number of primary sulfonamides is 1. The number of benzene rings is 1. The standard InChI is InChI=1S/C18H21N3O5S/c1-12-3-6-15(11-21-12)18(23)26-13(2)17(22)20-10-9-14-4-7-16(8-5-14)27(19,24)25/h3-8,11,13H,9-10H2,1-2H3,(H,20,22)(H2,19,24,25). The molecule has 1 atom stereocenters. The second kappa shape index (κ2) is 8.74. The van der Waals surface area contributed by atoms with Crippen LogP contribution in [-0.2, 0) is 26.0 Å². The Bertz CT molecular complexity index is 909. The molecule has 2 aromatic rings. The first-order valence-electron chi connectivity index (χ1n) is 8.20. The van der Waals surface area contributed by atoms with Gasteiger partial charge in [0.05, 0.1) is 10.5 Å². The van der Waals surface area contributed by atoms with Crippen molar-refractivity contribution in [3.8, 4) is 0 Å². The average molecular weight is 391 g/mol. The number of pyridine rings is 1. The van der Waals surface area contributed by atoms with Gasteiger partial charge in [-0.15, -0.1) is 0 Å². The van der Waals surface area contributed by atoms with Crippen molar-refractivity contribution in [3.63, 3.8) is 0 Å². The van der Waals surface area contributed by atoms with Crippen molar-refractivity contribution in [2.45, 2.75) is 31.3 Å². The van der Waals surface area contributed by atoms with Crippen LogP contribution in [0.5, 0.6) is 0 Å². The van der Waals surface area contributed by atoms with Crippen LogP contribution in [0, 0.1) is 6.92 Å². The minimum Gasteiger partial charge on any atom is -0.449 e. The average Bonchev–Trinajstić information content (AvgIpc) is 2.61. The molecule has 1 heterocycles. The molecule has 2 rings (SSSR count). The molecular formula is C18H21N3O5S. The van der Waals surface area contributed by atoms with Crippen LogP contribution in [0.2, 0.25) is 0 Å². The summed E-state index contributed by atoms with van der Waals surface area (Å²) in [6.07, 6.45) is 0.927. The molecule has 0 aliphatic rings. The molecule has 8 nitrogen and oxygen atoms in total. The van der Waals surface area contributed by atoms with Crippen molar-refractivity contribution in [2.75, 3.05) is 6.54 Å². The maximum atomic E-state index is 12.0. The fourth-order valence-corrected chi connectivity index (χ4v) is 2.71. The van der Waals surface area contributed by atoms with E-state index < -0.39 is 28.0 Å². The zero-order valence-corrected chi connectivity index (χ0v) is 15.8. The third kappa shape index (κ3) is 6.15. The number of nitrogens with two attached hydrogens (primary N) is 1. The molecular weight excluding hydrogens is 370 g/mol. The minimum absolute atomic E-state index is 0.0291. The lowest BCUT2D eigenvalue weighted by atomic mass is 10.1. The summed E-state index contributed by atoms with van der Waals surface area (Å²) in [5, 5.41) is 7.71. The third-order valence-corrected chi connectivity index (χ3v) is 4.69. The van der Waals surface area contributed by atoms with Crippen molar-refractivity contribution >= 4 is 21.9 Å². The number of ether oxygens (including phenoxy) is 1. The summed E-state index contributed by atoms with van der Waals surface area (Å²) in [5.41, 5.74) is 1.88. The van der Waals surface area contributed by atoms with E-state index in [0.717, 1.165) is 11.3 Å². The first kappa shape index (κ1) is 20.5. The summed E-state index contributed by atoms with van der Waals surface area (Å²) in [7, 11) is -3.72. The van der Waals surface area contributed by atoms with E-state index in [2.05, 4.69) is 10.3 Å². The van der Waals surface area contributed by atoms with Gasteiger partial charge in [0.2, 0.25) is 10.0 Å². The van der Waals surface area contributed by atoms with E-state index in [1.54, 1.807) is 31.2 Å². The van der Waals surface area contributed by atoms with Crippen LogP contribution in [0.25, 0.3) is 0 Å². The SMILES string of the molecule is Cc1ccc(C(=O)OC(C)C(=O)NCCc2ccc(S(N)(=O)=O)cc2)cn1. The fourth-order valence-electron chi connectivity index (χ4n) is 2.19. The van der Waals surface area contributed by atoms with Crippen LogP contribution < -0.4 is 10.5 Å². The lowest BCUT2D eigenvalue weighted by Crippen LogP contribution is -2.36. The number of esters is 1. The number of hydrogen-bond donors (Lipinski definition) is 2. The molecule has 1 amide bonds. The van der Waals surface area contributed by atoms with Gasteiger partial charge in [-0.05, 0) is 50.1 Å². The zero-order valence-electron chi connectivity index (χ0n) is 15.0. The number of amides is 1. The quantitative estimate of drug-likeness (QED) is 0.676. The summed E-state index contributed by atoms with van der Waals surface area (Å²) in [6, 6.07) is 9.33. The predicted octanol–water partition coefficient (Wildman–Crippen LogP) is 0.942. The van der Waals surface area contributed by atoms with Gasteiger partial charge in [-0.25, -0.2) is 18.4 Å². The van der Waals surface area contributed by atoms with Gasteiger partial charge in [-0.2, -0.15) is 0 Å². The molecule has 0 bridgehead atoms. The second-order valence-electron chi connectivity index (χ2n) is 5.97. The molecule has 0 saturated heterocycles. The van der Waals surface area contributed by atoms with Crippen LogP contribution in [0.1, 0.15) is 28.5 Å². The van der Waals surface area contributed by atoms with Gasteiger partial charge in [-0.1, -0.05) is 12.1 Å². The molecule has 0 saturated carbocycles. The first-order chi connectivity index (χ1) is 12.7. The Morgan fingerprint density at radius 1 is 1.19 bits per heavy atom. The van der Waals surface area contributed by atoms with E-state index in [-0.39, 0.29) is 10.5 Å². The Labute approximate surface area is 157 Å². The lowest BCUT2D eigenvalue weighted by Gasteiger charge is -2.13. The molecule has 0 aliphatic heterocycles. The zero-order chi connectivity index (χ0) is 20.0. The molecule has 1 aromatic heterocycles. The topological polar surface area (TPSA) is 128 Å². The number of carbonyl (C=O) groups excluding carboxylic acids is 2. The number of nitrogens with zero attached hydrogens (tertiary/aromatic N) is 1. The number of aryl methyl sites for hydroxylation is 1. The number of nitrogens with one attached hydrogen (secondary N) is 1. The molecule has 1 aromatic carbocycles. The number of carbonyl (C=O) groups is 2. The Kier molecular flexibility index (Phi) is 6.65. The number of aromatic nitrogens is 1. The van der Waals surface area contributed by atoms with Crippen molar-refractivity contribution in [1.29, 1.82) is 0 Å². The summed E-state index contributed by atoms with van der Waals surface area (Å²) in [5.74, 6) is -1.05. The lowest BCUT2D eigenvalue weighted by molar-refractivity contribution is -0.129. The molecule has 0 fully saturated rings. The van der Waals surface area contributed by atoms with Crippen LogP contribution in [0.3, 0.4) is 0 Å². The number of hydrogen-bond acceptors (Lipinski definition) is 6. The monoisotopic (exact) mass is 391 g/mol. The Morgan fingerprint density at radius 2 is 1.85 bits per heavy atom. The van der Waals surface area contributed by atoms with Crippen molar-refractivity contribution in [3.05, 3.63) is 59.4 Å². The highest BCUT2D eigenvalue weighted by atomic mass is 32.2. The molecule has 9 heteroatoms. The van der Waals surface area contributed by atoms with E-state index >= 15 is 0 Å². The van der Waals surface area contributed by atoms with Crippen LogP contribution in [0.15, 0.2) is 47.5 Å². The normalized spacial score (nSPS) is 12.3. The van der Waals surface area contributed by atoms with Gasteiger partial charge in [0.1, 0.15) is 0 Å². The highest BCUT2D eigenvalue weighted by molar-refractivity contribution is 7.89. The van der Waals surface area contributed by atoms with E-state index in [0.29, 0.717) is 13.0 Å². The maximum absolute atomic E-state index is 12.0. The van der Waals surface area contributed by atoms with E-state index in [9.17, 15) is 18.0 Å². The highest BCUT2D eigenvalue weighted by Gasteiger charge is 2.18. The van der Waals surface area contributed by atoms with E-state index in [4.69, 9.17) is 9.88 Å². The van der Waals surface area contributed by atoms with Crippen molar-refractivity contribution < 1.29 is 22.7 Å². The summed E-state index contributed by atoms with van der Waals surface area (Å²) < 4.78 is 27.5. The highest BCUT2D eigenvalue weighted by Crippen LogP contribution is 2.09. The van der Waals surface area contributed by atoms with Crippen molar-refractivity contribution in [1.82, 2.24) is 10.3 Å². The number of sulfonamides is 1. The summed E-state index contributed by atoms with van der Waals surface area (Å²) in [6.45, 7) is 3.59. The molecule has 27 heavy (non-hydrogen) atoms. The van der Waals surface area contributed by atoms with Gasteiger partial charge in [0.15, 0.2) is 6.10 Å². The molecule has 0 spiro atoms. The largest absolute Gasteiger partial charge is 0.449 e. The maximum Gasteiger partial charge on any atom is 0.340 e. The van der Waals surface area contributed by atoms with Crippen LogP contribution >= 0.6 is 0 Å². The molecule has 1 unspecified atom stereocenters. The minimum atomic E-state index is -3.72. The molecule has 0 aliphatic carbocycles. The number of rotatable bonds is 7. The van der Waals surface area contributed by atoms with E-state index in [1.807, 2.05) is 0 Å². The summed E-state index contributed by atoms with van der Waals surface area (Å²) in [4.78, 5) is 28.1. The van der Waals surface area contributed by atoms with Crippen molar-refractivity contribution in [2.24, 2.45) is 5.14 Å². The fraction of sp³-hybridized carbons (Fsp3) is 0.278. The van der Waals surface area contributed by atoms with Gasteiger partial charge < -0.3 is 10.1 Å². The Morgan fingerprint density at radius 3 is 2.41 bits per heavy atom. The smallest absolute Gasteiger partial charge is 0.340 e. The molecule has 144 valence electrons. The molecule has 3 N–H and O–H groups in total. The molecule has 0 radical (unpaired) electrons. The first-order valence-corrected chi connectivity index (χ1v) is 9.74. The van der Waals surface area contributed by atoms with Crippen LogP contribution in [-0.4, -0.2) is 37.9 Å². The Hall–Kier alpha value is -2.78. The summed E-state index contributed by atoms with van der Waals surface area (Å²) >= 11 is 0. The third-order valence-electron chi connectivity index (χ3n) is 3.76. The van der Waals surface area contributed by atoms with Gasteiger partial charge >= 0.3 is 5.97 Å². The van der Waals surface area contributed by atoms with E-state index in [1.165, 1.54) is 25.3 Å². The second-order valence-corrected chi connectivity index (χ2v) is 7.53. The Balaban J connectivity index is 1.81.